The first-order valence-corrected chi connectivity index (χ1v) is 12.6. The fourth-order valence-electron chi connectivity index (χ4n) is 4.56. The molecule has 37 heavy (non-hydrogen) atoms. The zero-order chi connectivity index (χ0) is 25.9. The highest BCUT2D eigenvalue weighted by Crippen LogP contribution is 2.40. The Morgan fingerprint density at radius 3 is 2.62 bits per heavy atom. The zero-order valence-corrected chi connectivity index (χ0v) is 21.5. The van der Waals surface area contributed by atoms with Gasteiger partial charge in [-0.1, -0.05) is 59.6 Å². The Morgan fingerprint density at radius 2 is 1.86 bits per heavy atom. The number of carbonyl (C=O) groups is 1. The van der Waals surface area contributed by atoms with E-state index in [1.165, 1.54) is 18.5 Å². The lowest BCUT2D eigenvalue weighted by Gasteiger charge is -2.17. The van der Waals surface area contributed by atoms with E-state index in [9.17, 15) is 9.18 Å². The van der Waals surface area contributed by atoms with Crippen molar-refractivity contribution in [2.24, 2.45) is 0 Å². The van der Waals surface area contributed by atoms with Crippen molar-refractivity contribution in [3.05, 3.63) is 88.9 Å². The van der Waals surface area contributed by atoms with Crippen molar-refractivity contribution in [3.8, 4) is 11.1 Å². The molecule has 0 saturated carbocycles. The molecule has 9 heteroatoms. The number of nitrogens with one attached hydrogen (secondary N) is 2. The Morgan fingerprint density at radius 1 is 1.08 bits per heavy atom. The van der Waals surface area contributed by atoms with Crippen molar-refractivity contribution in [2.45, 2.75) is 18.9 Å². The fraction of sp³-hybridized carbons (Fsp3) is 0.179. The van der Waals surface area contributed by atoms with Crippen LogP contribution in [0.4, 0.5) is 21.6 Å². The summed E-state index contributed by atoms with van der Waals surface area (Å²) in [6.45, 7) is 1.02. The molecule has 1 aliphatic heterocycles. The molecule has 1 fully saturated rings. The normalized spacial score (nSPS) is 15.9. The van der Waals surface area contributed by atoms with E-state index in [-0.39, 0.29) is 27.7 Å². The third kappa shape index (κ3) is 5.30. The molecule has 1 atom stereocenters. The first-order chi connectivity index (χ1) is 17.9. The minimum atomic E-state index is -0.686. The third-order valence-electron chi connectivity index (χ3n) is 6.46. The van der Waals surface area contributed by atoms with E-state index in [1.807, 2.05) is 42.5 Å². The van der Waals surface area contributed by atoms with E-state index in [0.717, 1.165) is 24.9 Å². The molecule has 0 radical (unpaired) electrons. The second kappa shape index (κ2) is 10.8. The number of carbonyl (C=O) groups excluding carboxylic acids is 1. The van der Waals surface area contributed by atoms with Crippen molar-refractivity contribution in [1.82, 2.24) is 14.9 Å². The number of hydrogen-bond acceptors (Lipinski definition) is 5. The molecule has 4 aromatic rings. The van der Waals surface area contributed by atoms with E-state index in [1.54, 1.807) is 12.1 Å². The van der Waals surface area contributed by atoms with E-state index in [0.29, 0.717) is 28.0 Å². The van der Waals surface area contributed by atoms with Crippen LogP contribution in [-0.4, -0.2) is 40.4 Å². The molecule has 1 unspecified atom stereocenters. The Balaban J connectivity index is 1.59. The molecule has 1 saturated heterocycles. The minimum absolute atomic E-state index is 0.115. The van der Waals surface area contributed by atoms with E-state index < -0.39 is 5.82 Å². The molecule has 1 amide bonds. The maximum atomic E-state index is 14.9. The van der Waals surface area contributed by atoms with Gasteiger partial charge in [0.15, 0.2) is 5.82 Å². The zero-order valence-electron chi connectivity index (χ0n) is 20.0. The highest BCUT2D eigenvalue weighted by atomic mass is 35.5. The summed E-state index contributed by atoms with van der Waals surface area (Å²) >= 11 is 12.0. The highest BCUT2D eigenvalue weighted by molar-refractivity contribution is 6.42. The summed E-state index contributed by atoms with van der Waals surface area (Å²) in [4.78, 5) is 24.0. The maximum Gasteiger partial charge on any atom is 0.248 e. The lowest BCUT2D eigenvalue weighted by Crippen LogP contribution is -2.23. The summed E-state index contributed by atoms with van der Waals surface area (Å²) in [5.74, 6) is -0.562. The molecule has 5 rings (SSSR count). The number of hydrogen-bond donors (Lipinski definition) is 2. The van der Waals surface area contributed by atoms with Gasteiger partial charge in [0.2, 0.25) is 5.91 Å². The van der Waals surface area contributed by atoms with Gasteiger partial charge in [-0.05, 0) is 56.3 Å². The van der Waals surface area contributed by atoms with Crippen LogP contribution in [0.3, 0.4) is 0 Å². The van der Waals surface area contributed by atoms with Crippen molar-refractivity contribution >= 4 is 57.2 Å². The van der Waals surface area contributed by atoms with E-state index in [4.69, 9.17) is 23.2 Å². The SMILES string of the molecule is CN1CCCC1C=CC(=O)Nc1ccc2ncnc(Nc3ccc(Cl)c(Cl)c3F)c2c1-c1ccccc1. The highest BCUT2D eigenvalue weighted by Gasteiger charge is 2.20. The second-order valence-corrected chi connectivity index (χ2v) is 9.64. The van der Waals surface area contributed by atoms with Crippen molar-refractivity contribution in [2.75, 3.05) is 24.2 Å². The molecule has 1 aromatic heterocycles. The summed E-state index contributed by atoms with van der Waals surface area (Å²) in [7, 11) is 2.06. The number of likely N-dealkylation sites (tertiary alicyclic amines) is 1. The monoisotopic (exact) mass is 535 g/mol. The fourth-order valence-corrected chi connectivity index (χ4v) is 4.87. The number of rotatable bonds is 6. The number of amides is 1. The summed E-state index contributed by atoms with van der Waals surface area (Å²) in [5, 5.41) is 6.62. The largest absolute Gasteiger partial charge is 0.337 e. The maximum absolute atomic E-state index is 14.9. The molecule has 2 heterocycles. The molecule has 6 nitrogen and oxygen atoms in total. The molecule has 3 aromatic carbocycles. The molecule has 0 spiro atoms. The van der Waals surface area contributed by atoms with Crippen molar-refractivity contribution < 1.29 is 9.18 Å². The number of fused-ring (bicyclic) bond motifs is 1. The predicted molar refractivity (Wildman–Crippen MR) is 148 cm³/mol. The lowest BCUT2D eigenvalue weighted by molar-refractivity contribution is -0.111. The minimum Gasteiger partial charge on any atom is -0.337 e. The Labute approximate surface area is 224 Å². The van der Waals surface area contributed by atoms with Gasteiger partial charge in [0.05, 0.1) is 26.6 Å². The number of halogens is 3. The van der Waals surface area contributed by atoms with Crippen LogP contribution in [0.5, 0.6) is 0 Å². The summed E-state index contributed by atoms with van der Waals surface area (Å²) in [6, 6.07) is 16.5. The summed E-state index contributed by atoms with van der Waals surface area (Å²) in [6.07, 6.45) is 7.06. The standard InChI is InChI=1S/C28H24Cl2FN5O/c1-36-15-5-8-18(36)9-14-23(37)34-21-13-12-20-25(24(21)17-6-3-2-4-7-17)28(33-16-32-20)35-22-11-10-19(29)26(30)27(22)31/h2-4,6-7,9-14,16,18H,5,8,15H2,1H3,(H,34,37)(H,32,33,35). The Hall–Kier alpha value is -3.52. The van der Waals surface area contributed by atoms with Crippen LogP contribution in [0.25, 0.3) is 22.0 Å². The van der Waals surface area contributed by atoms with Crippen molar-refractivity contribution in [1.29, 1.82) is 0 Å². The average Bonchev–Trinajstić information content (AvgIpc) is 3.33. The van der Waals surface area contributed by atoms with Crippen LogP contribution < -0.4 is 10.6 Å². The molecule has 2 N–H and O–H groups in total. The number of aromatic nitrogens is 2. The first-order valence-electron chi connectivity index (χ1n) is 11.9. The van der Waals surface area contributed by atoms with Crippen LogP contribution in [0, 0.1) is 5.82 Å². The first kappa shape index (κ1) is 25.1. The Bertz CT molecular complexity index is 1500. The number of benzene rings is 3. The summed E-state index contributed by atoms with van der Waals surface area (Å²) in [5.41, 5.74) is 2.88. The molecular formula is C28H24Cl2FN5O. The smallest absolute Gasteiger partial charge is 0.248 e. The van der Waals surface area contributed by atoms with Gasteiger partial charge in [-0.25, -0.2) is 14.4 Å². The number of anilines is 3. The molecular weight excluding hydrogens is 512 g/mol. The van der Waals surface area contributed by atoms with Gasteiger partial charge in [-0.15, -0.1) is 0 Å². The summed E-state index contributed by atoms with van der Waals surface area (Å²) < 4.78 is 14.9. The quantitative estimate of drug-likeness (QED) is 0.204. The van der Waals surface area contributed by atoms with Crippen LogP contribution in [0.15, 0.2) is 73.1 Å². The molecule has 0 aliphatic carbocycles. The predicted octanol–water partition coefficient (Wildman–Crippen LogP) is 7.08. The molecule has 0 bridgehead atoms. The Kier molecular flexibility index (Phi) is 7.37. The third-order valence-corrected chi connectivity index (χ3v) is 7.24. The van der Waals surface area contributed by atoms with Crippen LogP contribution in [-0.2, 0) is 4.79 Å². The van der Waals surface area contributed by atoms with Gasteiger partial charge in [-0.2, -0.15) is 0 Å². The van der Waals surface area contributed by atoms with Crippen LogP contribution >= 0.6 is 23.2 Å². The van der Waals surface area contributed by atoms with Gasteiger partial charge in [0.25, 0.3) is 0 Å². The van der Waals surface area contributed by atoms with Gasteiger partial charge in [0, 0.05) is 23.4 Å². The molecule has 188 valence electrons. The van der Waals surface area contributed by atoms with E-state index in [2.05, 4.69) is 32.5 Å². The van der Waals surface area contributed by atoms with Crippen LogP contribution in [0.1, 0.15) is 12.8 Å². The molecule has 1 aliphatic rings. The topological polar surface area (TPSA) is 70.2 Å². The van der Waals surface area contributed by atoms with Gasteiger partial charge in [0.1, 0.15) is 12.1 Å². The van der Waals surface area contributed by atoms with Gasteiger partial charge >= 0.3 is 0 Å². The van der Waals surface area contributed by atoms with Crippen molar-refractivity contribution in [3.63, 3.8) is 0 Å². The number of nitrogens with zero attached hydrogens (tertiary/aromatic N) is 3. The lowest BCUT2D eigenvalue weighted by atomic mass is 9.98. The number of likely N-dealkylation sites (N-methyl/N-ethyl adjacent to an activating group) is 1. The van der Waals surface area contributed by atoms with Gasteiger partial charge in [-0.3, -0.25) is 9.69 Å². The van der Waals surface area contributed by atoms with E-state index >= 15 is 0 Å². The van der Waals surface area contributed by atoms with Crippen LogP contribution in [0.2, 0.25) is 10.0 Å². The average molecular weight is 536 g/mol. The van der Waals surface area contributed by atoms with Gasteiger partial charge < -0.3 is 10.6 Å². The second-order valence-electron chi connectivity index (χ2n) is 8.86.